The van der Waals surface area contributed by atoms with Gasteiger partial charge in [0.25, 0.3) is 0 Å². The summed E-state index contributed by atoms with van der Waals surface area (Å²) >= 11 is 0. The molecule has 1 atom stereocenters. The van der Waals surface area contributed by atoms with Gasteiger partial charge in [0.15, 0.2) is 0 Å². The summed E-state index contributed by atoms with van der Waals surface area (Å²) in [7, 11) is 0. The van der Waals surface area contributed by atoms with E-state index >= 15 is 0 Å². The second-order valence-corrected chi connectivity index (χ2v) is 6.37. The maximum atomic E-state index is 5.48. The Kier molecular flexibility index (Phi) is 7.20. The fraction of sp³-hybridized carbons (Fsp3) is 0.667. The molecule has 1 saturated heterocycles. The number of rotatable bonds is 8. The fourth-order valence-electron chi connectivity index (χ4n) is 2.99. The van der Waals surface area contributed by atoms with Crippen LogP contribution in [0, 0.1) is 5.92 Å². The van der Waals surface area contributed by atoms with Gasteiger partial charge < -0.3 is 10.1 Å². The zero-order valence-corrected chi connectivity index (χ0v) is 13.6. The second kappa shape index (κ2) is 9.19. The lowest BCUT2D eigenvalue weighted by molar-refractivity contribution is 0.0124. The van der Waals surface area contributed by atoms with Gasteiger partial charge in [-0.2, -0.15) is 0 Å². The molecule has 1 fully saturated rings. The summed E-state index contributed by atoms with van der Waals surface area (Å²) in [4.78, 5) is 2.60. The van der Waals surface area contributed by atoms with Crippen molar-refractivity contribution in [1.29, 1.82) is 0 Å². The summed E-state index contributed by atoms with van der Waals surface area (Å²) in [5, 5.41) is 3.65. The van der Waals surface area contributed by atoms with Gasteiger partial charge in [-0.05, 0) is 30.9 Å². The molecule has 0 radical (unpaired) electrons. The van der Waals surface area contributed by atoms with Crippen LogP contribution < -0.4 is 5.32 Å². The SMILES string of the molecule is CC(C)CC(CNCCc1ccccc1)N1CCOCC1. The number of benzene rings is 1. The van der Waals surface area contributed by atoms with Crippen LogP contribution in [0.15, 0.2) is 30.3 Å². The minimum absolute atomic E-state index is 0.643. The highest BCUT2D eigenvalue weighted by molar-refractivity contribution is 5.14. The number of nitrogens with zero attached hydrogens (tertiary/aromatic N) is 1. The van der Waals surface area contributed by atoms with Crippen molar-refractivity contribution in [1.82, 2.24) is 10.2 Å². The Balaban J connectivity index is 1.73. The van der Waals surface area contributed by atoms with Gasteiger partial charge in [0.1, 0.15) is 0 Å². The van der Waals surface area contributed by atoms with Gasteiger partial charge in [-0.3, -0.25) is 4.90 Å². The van der Waals surface area contributed by atoms with E-state index in [0.717, 1.165) is 51.7 Å². The monoisotopic (exact) mass is 290 g/mol. The Morgan fingerprint density at radius 2 is 1.86 bits per heavy atom. The standard InChI is InChI=1S/C18H30N2O/c1-16(2)14-18(20-10-12-21-13-11-20)15-19-9-8-17-6-4-3-5-7-17/h3-7,16,18-19H,8-15H2,1-2H3. The number of nitrogens with one attached hydrogen (secondary N) is 1. The van der Waals surface area contributed by atoms with E-state index in [9.17, 15) is 0 Å². The van der Waals surface area contributed by atoms with Gasteiger partial charge in [0, 0.05) is 25.7 Å². The van der Waals surface area contributed by atoms with E-state index < -0.39 is 0 Å². The first-order valence-electron chi connectivity index (χ1n) is 8.32. The van der Waals surface area contributed by atoms with Gasteiger partial charge in [-0.25, -0.2) is 0 Å². The molecule has 1 unspecified atom stereocenters. The minimum atomic E-state index is 0.643. The van der Waals surface area contributed by atoms with Crippen molar-refractivity contribution in [3.05, 3.63) is 35.9 Å². The molecule has 0 amide bonds. The van der Waals surface area contributed by atoms with E-state index in [2.05, 4.69) is 54.4 Å². The Hall–Kier alpha value is -0.900. The number of hydrogen-bond donors (Lipinski definition) is 1. The number of ether oxygens (including phenoxy) is 1. The third kappa shape index (κ3) is 6.16. The second-order valence-electron chi connectivity index (χ2n) is 6.37. The summed E-state index contributed by atoms with van der Waals surface area (Å²) < 4.78 is 5.48. The predicted molar refractivity (Wildman–Crippen MR) is 88.7 cm³/mol. The van der Waals surface area contributed by atoms with Crippen LogP contribution in [-0.2, 0) is 11.2 Å². The molecule has 3 heteroatoms. The van der Waals surface area contributed by atoms with E-state index in [-0.39, 0.29) is 0 Å². The van der Waals surface area contributed by atoms with Gasteiger partial charge in [-0.1, -0.05) is 44.2 Å². The molecule has 1 aliphatic heterocycles. The first-order valence-corrected chi connectivity index (χ1v) is 8.32. The van der Waals surface area contributed by atoms with Gasteiger partial charge in [0.2, 0.25) is 0 Å². The Morgan fingerprint density at radius 3 is 2.52 bits per heavy atom. The highest BCUT2D eigenvalue weighted by Gasteiger charge is 2.21. The molecule has 1 N–H and O–H groups in total. The van der Waals surface area contributed by atoms with Crippen LogP contribution in [0.25, 0.3) is 0 Å². The number of hydrogen-bond acceptors (Lipinski definition) is 3. The summed E-state index contributed by atoms with van der Waals surface area (Å²) in [5.41, 5.74) is 1.41. The molecule has 1 aliphatic rings. The molecular weight excluding hydrogens is 260 g/mol. The lowest BCUT2D eigenvalue weighted by Crippen LogP contribution is -2.48. The molecule has 21 heavy (non-hydrogen) atoms. The largest absolute Gasteiger partial charge is 0.379 e. The average molecular weight is 290 g/mol. The molecular formula is C18H30N2O. The molecule has 0 bridgehead atoms. The van der Waals surface area contributed by atoms with E-state index in [0.29, 0.717) is 6.04 Å². The fourth-order valence-corrected chi connectivity index (χ4v) is 2.99. The Bertz CT molecular complexity index is 374. The maximum absolute atomic E-state index is 5.48. The molecule has 3 nitrogen and oxygen atoms in total. The topological polar surface area (TPSA) is 24.5 Å². The molecule has 0 spiro atoms. The van der Waals surface area contributed by atoms with Crippen LogP contribution in [0.4, 0.5) is 0 Å². The van der Waals surface area contributed by atoms with Gasteiger partial charge in [-0.15, -0.1) is 0 Å². The highest BCUT2D eigenvalue weighted by atomic mass is 16.5. The number of morpholine rings is 1. The van der Waals surface area contributed by atoms with Gasteiger partial charge in [0.05, 0.1) is 13.2 Å². The zero-order valence-electron chi connectivity index (χ0n) is 13.6. The van der Waals surface area contributed by atoms with E-state index in [1.54, 1.807) is 0 Å². The van der Waals surface area contributed by atoms with E-state index in [4.69, 9.17) is 4.74 Å². The molecule has 1 aromatic carbocycles. The quantitative estimate of drug-likeness (QED) is 0.745. The molecule has 1 heterocycles. The Morgan fingerprint density at radius 1 is 1.14 bits per heavy atom. The maximum Gasteiger partial charge on any atom is 0.0594 e. The van der Waals surface area contributed by atoms with E-state index in [1.807, 2.05) is 0 Å². The Labute approximate surface area is 129 Å². The van der Waals surface area contributed by atoms with Crippen molar-refractivity contribution in [2.75, 3.05) is 39.4 Å². The summed E-state index contributed by atoms with van der Waals surface area (Å²) in [6.45, 7) is 10.7. The first-order chi connectivity index (χ1) is 10.3. The smallest absolute Gasteiger partial charge is 0.0594 e. The van der Waals surface area contributed by atoms with Crippen LogP contribution >= 0.6 is 0 Å². The van der Waals surface area contributed by atoms with Crippen molar-refractivity contribution in [3.63, 3.8) is 0 Å². The van der Waals surface area contributed by atoms with Crippen molar-refractivity contribution in [2.24, 2.45) is 5.92 Å². The predicted octanol–water partition coefficient (Wildman–Crippen LogP) is 2.57. The third-order valence-electron chi connectivity index (χ3n) is 4.12. The van der Waals surface area contributed by atoms with Crippen LogP contribution in [0.1, 0.15) is 25.8 Å². The normalized spacial score (nSPS) is 18.0. The average Bonchev–Trinajstić information content (AvgIpc) is 2.52. The van der Waals surface area contributed by atoms with Crippen molar-refractivity contribution >= 4 is 0 Å². The highest BCUT2D eigenvalue weighted by Crippen LogP contribution is 2.13. The van der Waals surface area contributed by atoms with Crippen LogP contribution in [-0.4, -0.2) is 50.3 Å². The third-order valence-corrected chi connectivity index (χ3v) is 4.12. The van der Waals surface area contributed by atoms with Crippen LogP contribution in [0.2, 0.25) is 0 Å². The summed E-state index contributed by atoms with van der Waals surface area (Å²) in [6.07, 6.45) is 2.37. The van der Waals surface area contributed by atoms with Crippen molar-refractivity contribution in [3.8, 4) is 0 Å². The minimum Gasteiger partial charge on any atom is -0.379 e. The molecule has 118 valence electrons. The summed E-state index contributed by atoms with van der Waals surface area (Å²) in [5.74, 6) is 0.744. The molecule has 0 aliphatic carbocycles. The van der Waals surface area contributed by atoms with Crippen LogP contribution in [0.3, 0.4) is 0 Å². The molecule has 2 rings (SSSR count). The molecule has 0 saturated carbocycles. The lowest BCUT2D eigenvalue weighted by atomic mass is 10.0. The van der Waals surface area contributed by atoms with Gasteiger partial charge >= 0.3 is 0 Å². The van der Waals surface area contributed by atoms with Crippen molar-refractivity contribution in [2.45, 2.75) is 32.7 Å². The van der Waals surface area contributed by atoms with E-state index in [1.165, 1.54) is 12.0 Å². The zero-order chi connectivity index (χ0) is 14.9. The first kappa shape index (κ1) is 16.5. The summed E-state index contributed by atoms with van der Waals surface area (Å²) in [6, 6.07) is 11.4. The molecule has 1 aromatic rings. The molecule has 0 aromatic heterocycles. The van der Waals surface area contributed by atoms with Crippen molar-refractivity contribution < 1.29 is 4.74 Å². The van der Waals surface area contributed by atoms with Crippen LogP contribution in [0.5, 0.6) is 0 Å². The lowest BCUT2D eigenvalue weighted by Gasteiger charge is -2.35.